The van der Waals surface area contributed by atoms with Crippen molar-refractivity contribution in [2.45, 2.75) is 71.8 Å². The highest BCUT2D eigenvalue weighted by molar-refractivity contribution is 4.91. The molecule has 0 aliphatic heterocycles. The van der Waals surface area contributed by atoms with Crippen LogP contribution in [0.3, 0.4) is 0 Å². The average molecular weight is 211 g/mol. The van der Waals surface area contributed by atoms with Crippen molar-refractivity contribution >= 4 is 0 Å². The Morgan fingerprint density at radius 1 is 1.13 bits per heavy atom. The summed E-state index contributed by atoms with van der Waals surface area (Å²) in [7, 11) is 2.15. The summed E-state index contributed by atoms with van der Waals surface area (Å²) >= 11 is 0. The highest BCUT2D eigenvalue weighted by atomic mass is 14.9. The van der Waals surface area contributed by atoms with E-state index in [-0.39, 0.29) is 0 Å². The van der Waals surface area contributed by atoms with Crippen LogP contribution in [0, 0.1) is 11.3 Å². The van der Waals surface area contributed by atoms with E-state index in [1.807, 2.05) is 0 Å². The minimum absolute atomic E-state index is 0.581. The molecule has 1 rings (SSSR count). The first-order valence-corrected chi connectivity index (χ1v) is 6.83. The molecule has 1 saturated carbocycles. The number of nitrogens with one attached hydrogen (secondary N) is 1. The molecule has 0 aromatic rings. The first kappa shape index (κ1) is 13.0. The number of hydrogen-bond acceptors (Lipinski definition) is 1. The zero-order chi connectivity index (χ0) is 11.3. The summed E-state index contributed by atoms with van der Waals surface area (Å²) in [6.07, 6.45) is 9.79. The predicted molar refractivity (Wildman–Crippen MR) is 68.1 cm³/mol. The second kappa shape index (κ2) is 5.89. The second-order valence-corrected chi connectivity index (χ2v) is 5.62. The third-order valence-corrected chi connectivity index (χ3v) is 4.66. The second-order valence-electron chi connectivity index (χ2n) is 5.62. The van der Waals surface area contributed by atoms with Gasteiger partial charge < -0.3 is 5.32 Å². The molecule has 0 radical (unpaired) electrons. The van der Waals surface area contributed by atoms with Crippen LogP contribution in [0.1, 0.15) is 65.7 Å². The van der Waals surface area contributed by atoms with Crippen molar-refractivity contribution in [3.63, 3.8) is 0 Å². The quantitative estimate of drug-likeness (QED) is 0.700. The van der Waals surface area contributed by atoms with Gasteiger partial charge in [-0.15, -0.1) is 0 Å². The van der Waals surface area contributed by atoms with E-state index in [4.69, 9.17) is 0 Å². The van der Waals surface area contributed by atoms with Crippen molar-refractivity contribution in [1.29, 1.82) is 0 Å². The summed E-state index contributed by atoms with van der Waals surface area (Å²) in [6.45, 7) is 7.15. The third-order valence-electron chi connectivity index (χ3n) is 4.66. The van der Waals surface area contributed by atoms with Crippen LogP contribution in [0.25, 0.3) is 0 Å². The maximum atomic E-state index is 3.58. The third kappa shape index (κ3) is 3.21. The van der Waals surface area contributed by atoms with Crippen LogP contribution in [0.4, 0.5) is 0 Å². The Morgan fingerprint density at radius 2 is 1.67 bits per heavy atom. The standard InChI is InChI=1S/C14H29N/c1-5-12(6-2)11-13(15-4)14(3)9-7-8-10-14/h12-13,15H,5-11H2,1-4H3. The van der Waals surface area contributed by atoms with E-state index in [2.05, 4.69) is 33.1 Å². The molecule has 1 unspecified atom stereocenters. The summed E-state index contributed by atoms with van der Waals surface area (Å²) in [4.78, 5) is 0. The summed E-state index contributed by atoms with van der Waals surface area (Å²) < 4.78 is 0. The Morgan fingerprint density at radius 3 is 2.07 bits per heavy atom. The van der Waals surface area contributed by atoms with Gasteiger partial charge in [0.1, 0.15) is 0 Å². The Hall–Kier alpha value is -0.0400. The van der Waals surface area contributed by atoms with Gasteiger partial charge >= 0.3 is 0 Å². The highest BCUT2D eigenvalue weighted by Crippen LogP contribution is 2.42. The number of rotatable bonds is 6. The van der Waals surface area contributed by atoms with Gasteiger partial charge in [-0.2, -0.15) is 0 Å². The van der Waals surface area contributed by atoms with Crippen molar-refractivity contribution in [2.75, 3.05) is 7.05 Å². The minimum Gasteiger partial charge on any atom is -0.316 e. The van der Waals surface area contributed by atoms with E-state index in [1.165, 1.54) is 44.9 Å². The van der Waals surface area contributed by atoms with E-state index in [0.717, 1.165) is 12.0 Å². The molecule has 1 N–H and O–H groups in total. The van der Waals surface area contributed by atoms with Crippen LogP contribution in [0.2, 0.25) is 0 Å². The van der Waals surface area contributed by atoms with Gasteiger partial charge in [0, 0.05) is 6.04 Å². The highest BCUT2D eigenvalue weighted by Gasteiger charge is 2.36. The Kier molecular flexibility index (Phi) is 5.11. The zero-order valence-electron chi connectivity index (χ0n) is 11.1. The topological polar surface area (TPSA) is 12.0 Å². The van der Waals surface area contributed by atoms with Crippen LogP contribution in [0.15, 0.2) is 0 Å². The Bertz CT molecular complexity index is 166. The molecule has 0 aromatic carbocycles. The molecular formula is C14H29N. The normalized spacial score (nSPS) is 22.2. The first-order chi connectivity index (χ1) is 7.16. The van der Waals surface area contributed by atoms with Crippen molar-refractivity contribution in [1.82, 2.24) is 5.32 Å². The molecule has 90 valence electrons. The van der Waals surface area contributed by atoms with Crippen LogP contribution >= 0.6 is 0 Å². The monoisotopic (exact) mass is 211 g/mol. The van der Waals surface area contributed by atoms with Crippen LogP contribution in [-0.4, -0.2) is 13.1 Å². The van der Waals surface area contributed by atoms with Crippen molar-refractivity contribution in [3.05, 3.63) is 0 Å². The molecule has 0 amide bonds. The average Bonchev–Trinajstić information content (AvgIpc) is 2.68. The molecule has 15 heavy (non-hydrogen) atoms. The largest absolute Gasteiger partial charge is 0.316 e. The maximum absolute atomic E-state index is 3.58. The fraction of sp³-hybridized carbons (Fsp3) is 1.00. The van der Waals surface area contributed by atoms with Crippen LogP contribution in [-0.2, 0) is 0 Å². The Balaban J connectivity index is 2.54. The van der Waals surface area contributed by atoms with Crippen LogP contribution in [0.5, 0.6) is 0 Å². The van der Waals surface area contributed by atoms with E-state index in [0.29, 0.717) is 5.41 Å². The molecule has 0 heterocycles. The van der Waals surface area contributed by atoms with E-state index >= 15 is 0 Å². The van der Waals surface area contributed by atoms with Crippen molar-refractivity contribution < 1.29 is 0 Å². The molecule has 1 nitrogen and oxygen atoms in total. The van der Waals surface area contributed by atoms with Crippen LogP contribution < -0.4 is 5.32 Å². The lowest BCUT2D eigenvalue weighted by atomic mass is 9.76. The van der Waals surface area contributed by atoms with E-state index < -0.39 is 0 Å². The van der Waals surface area contributed by atoms with Gasteiger partial charge in [-0.25, -0.2) is 0 Å². The summed E-state index contributed by atoms with van der Waals surface area (Å²) in [5, 5.41) is 3.58. The molecule has 0 saturated heterocycles. The number of hydrogen-bond donors (Lipinski definition) is 1. The smallest absolute Gasteiger partial charge is 0.0120 e. The fourth-order valence-electron chi connectivity index (χ4n) is 3.24. The van der Waals surface area contributed by atoms with Gasteiger partial charge in [0.05, 0.1) is 0 Å². The lowest BCUT2D eigenvalue weighted by Crippen LogP contribution is -2.41. The molecule has 0 bridgehead atoms. The lowest BCUT2D eigenvalue weighted by Gasteiger charge is -2.36. The first-order valence-electron chi connectivity index (χ1n) is 6.83. The summed E-state index contributed by atoms with van der Waals surface area (Å²) in [6, 6.07) is 0.741. The van der Waals surface area contributed by atoms with Gasteiger partial charge in [0.15, 0.2) is 0 Å². The van der Waals surface area contributed by atoms with Gasteiger partial charge in [-0.05, 0) is 37.6 Å². The SMILES string of the molecule is CCC(CC)CC(NC)C1(C)CCCC1. The minimum atomic E-state index is 0.581. The fourth-order valence-corrected chi connectivity index (χ4v) is 3.24. The van der Waals surface area contributed by atoms with Crippen molar-refractivity contribution in [3.8, 4) is 0 Å². The van der Waals surface area contributed by atoms with Gasteiger partial charge in [0.2, 0.25) is 0 Å². The molecular weight excluding hydrogens is 182 g/mol. The molecule has 1 aliphatic rings. The van der Waals surface area contributed by atoms with Crippen molar-refractivity contribution in [2.24, 2.45) is 11.3 Å². The lowest BCUT2D eigenvalue weighted by molar-refractivity contribution is 0.192. The molecule has 0 spiro atoms. The molecule has 1 aliphatic carbocycles. The van der Waals surface area contributed by atoms with E-state index in [1.54, 1.807) is 0 Å². The predicted octanol–water partition coefficient (Wildman–Crippen LogP) is 3.98. The Labute approximate surface area is 96.0 Å². The van der Waals surface area contributed by atoms with E-state index in [9.17, 15) is 0 Å². The van der Waals surface area contributed by atoms with Gasteiger partial charge in [-0.1, -0.05) is 46.5 Å². The molecule has 1 atom stereocenters. The summed E-state index contributed by atoms with van der Waals surface area (Å²) in [5.41, 5.74) is 0.581. The molecule has 1 heteroatoms. The van der Waals surface area contributed by atoms with Gasteiger partial charge in [0.25, 0.3) is 0 Å². The zero-order valence-corrected chi connectivity index (χ0v) is 11.1. The van der Waals surface area contributed by atoms with Gasteiger partial charge in [-0.3, -0.25) is 0 Å². The molecule has 1 fully saturated rings. The maximum Gasteiger partial charge on any atom is 0.0120 e. The molecule has 0 aromatic heterocycles. The summed E-state index contributed by atoms with van der Waals surface area (Å²) in [5.74, 6) is 0.917.